The van der Waals surface area contributed by atoms with Gasteiger partial charge in [-0.15, -0.1) is 0 Å². The lowest BCUT2D eigenvalue weighted by Crippen LogP contribution is -2.36. The molecule has 0 amide bonds. The SMILES string of the molecule is CCNCCCN1C(C)CCC1CC. The van der Waals surface area contributed by atoms with Crippen LogP contribution in [0.25, 0.3) is 0 Å². The van der Waals surface area contributed by atoms with Gasteiger partial charge in [0.15, 0.2) is 0 Å². The highest BCUT2D eigenvalue weighted by atomic mass is 15.2. The van der Waals surface area contributed by atoms with E-state index in [2.05, 4.69) is 31.0 Å². The average molecular weight is 198 g/mol. The summed E-state index contributed by atoms with van der Waals surface area (Å²) in [6.07, 6.45) is 5.44. The van der Waals surface area contributed by atoms with E-state index in [1.54, 1.807) is 0 Å². The van der Waals surface area contributed by atoms with Crippen LogP contribution in [0.2, 0.25) is 0 Å². The summed E-state index contributed by atoms with van der Waals surface area (Å²) in [6.45, 7) is 10.4. The maximum Gasteiger partial charge on any atom is 0.00960 e. The third-order valence-electron chi connectivity index (χ3n) is 3.44. The van der Waals surface area contributed by atoms with Crippen molar-refractivity contribution in [3.05, 3.63) is 0 Å². The predicted octanol–water partition coefficient (Wildman–Crippen LogP) is 2.25. The van der Waals surface area contributed by atoms with Gasteiger partial charge in [-0.25, -0.2) is 0 Å². The van der Waals surface area contributed by atoms with Crippen molar-refractivity contribution in [1.82, 2.24) is 10.2 Å². The summed E-state index contributed by atoms with van der Waals surface area (Å²) in [5.74, 6) is 0. The molecule has 1 N–H and O–H groups in total. The van der Waals surface area contributed by atoms with Gasteiger partial charge in [0, 0.05) is 12.1 Å². The molecule has 2 atom stereocenters. The van der Waals surface area contributed by atoms with E-state index < -0.39 is 0 Å². The van der Waals surface area contributed by atoms with Crippen molar-refractivity contribution in [3.63, 3.8) is 0 Å². The van der Waals surface area contributed by atoms with Crippen LogP contribution in [0.3, 0.4) is 0 Å². The standard InChI is InChI=1S/C12H26N2/c1-4-12-8-7-11(3)14(12)10-6-9-13-5-2/h11-13H,4-10H2,1-3H3. The lowest BCUT2D eigenvalue weighted by atomic mass is 10.1. The largest absolute Gasteiger partial charge is 0.317 e. The summed E-state index contributed by atoms with van der Waals surface area (Å²) in [5.41, 5.74) is 0. The normalized spacial score (nSPS) is 28.5. The van der Waals surface area contributed by atoms with Gasteiger partial charge in [0.2, 0.25) is 0 Å². The van der Waals surface area contributed by atoms with E-state index in [4.69, 9.17) is 0 Å². The number of nitrogens with one attached hydrogen (secondary N) is 1. The molecule has 0 aromatic rings. The summed E-state index contributed by atoms with van der Waals surface area (Å²) in [5, 5.41) is 3.39. The Labute approximate surface area is 89.1 Å². The van der Waals surface area contributed by atoms with Gasteiger partial charge < -0.3 is 5.32 Å². The van der Waals surface area contributed by atoms with E-state index >= 15 is 0 Å². The minimum absolute atomic E-state index is 0.821. The van der Waals surface area contributed by atoms with E-state index in [0.717, 1.165) is 18.6 Å². The van der Waals surface area contributed by atoms with Crippen molar-refractivity contribution < 1.29 is 0 Å². The Balaban J connectivity index is 2.19. The second kappa shape index (κ2) is 6.41. The van der Waals surface area contributed by atoms with Crippen LogP contribution in [0.4, 0.5) is 0 Å². The Morgan fingerprint density at radius 3 is 2.71 bits per heavy atom. The molecule has 84 valence electrons. The van der Waals surface area contributed by atoms with Gasteiger partial charge in [0.25, 0.3) is 0 Å². The van der Waals surface area contributed by atoms with Gasteiger partial charge in [-0.05, 0) is 52.2 Å². The monoisotopic (exact) mass is 198 g/mol. The number of rotatable bonds is 6. The number of likely N-dealkylation sites (tertiary alicyclic amines) is 1. The van der Waals surface area contributed by atoms with Crippen molar-refractivity contribution in [1.29, 1.82) is 0 Å². The first-order chi connectivity index (χ1) is 6.79. The first kappa shape index (κ1) is 12.0. The fourth-order valence-electron chi connectivity index (χ4n) is 2.53. The minimum Gasteiger partial charge on any atom is -0.317 e. The quantitative estimate of drug-likeness (QED) is 0.659. The van der Waals surface area contributed by atoms with E-state index in [9.17, 15) is 0 Å². The minimum atomic E-state index is 0.821. The summed E-state index contributed by atoms with van der Waals surface area (Å²) in [6, 6.07) is 1.69. The lowest BCUT2D eigenvalue weighted by molar-refractivity contribution is 0.196. The molecule has 1 aliphatic rings. The van der Waals surface area contributed by atoms with Crippen LogP contribution in [0.5, 0.6) is 0 Å². The van der Waals surface area contributed by atoms with Gasteiger partial charge in [-0.1, -0.05) is 13.8 Å². The Kier molecular flexibility index (Phi) is 5.49. The molecule has 0 bridgehead atoms. The fraction of sp³-hybridized carbons (Fsp3) is 1.00. The molecule has 2 heteroatoms. The molecule has 0 radical (unpaired) electrons. The first-order valence-electron chi connectivity index (χ1n) is 6.26. The Morgan fingerprint density at radius 2 is 2.07 bits per heavy atom. The van der Waals surface area contributed by atoms with Crippen LogP contribution in [0.1, 0.15) is 46.5 Å². The second-order valence-corrected chi connectivity index (χ2v) is 4.43. The number of nitrogens with zero attached hydrogens (tertiary/aromatic N) is 1. The Hall–Kier alpha value is -0.0800. The molecule has 0 aliphatic carbocycles. The third-order valence-corrected chi connectivity index (χ3v) is 3.44. The maximum atomic E-state index is 3.39. The molecule has 0 aromatic heterocycles. The van der Waals surface area contributed by atoms with Crippen LogP contribution in [0.15, 0.2) is 0 Å². The third kappa shape index (κ3) is 3.25. The molecule has 1 fully saturated rings. The Bertz CT molecular complexity index is 147. The van der Waals surface area contributed by atoms with Gasteiger partial charge in [-0.2, -0.15) is 0 Å². The van der Waals surface area contributed by atoms with Gasteiger partial charge in [0.05, 0.1) is 0 Å². The maximum absolute atomic E-state index is 3.39. The molecule has 1 rings (SSSR count). The summed E-state index contributed by atoms with van der Waals surface area (Å²) in [4.78, 5) is 2.71. The van der Waals surface area contributed by atoms with Crippen LogP contribution in [0, 0.1) is 0 Å². The molecule has 1 heterocycles. The molecular formula is C12H26N2. The summed E-state index contributed by atoms with van der Waals surface area (Å²) >= 11 is 0. The van der Waals surface area contributed by atoms with Crippen molar-refractivity contribution in [2.75, 3.05) is 19.6 Å². The molecule has 2 nitrogen and oxygen atoms in total. The molecule has 1 saturated heterocycles. The molecule has 0 aromatic carbocycles. The van der Waals surface area contributed by atoms with Crippen LogP contribution in [-0.2, 0) is 0 Å². The van der Waals surface area contributed by atoms with Crippen molar-refractivity contribution >= 4 is 0 Å². The van der Waals surface area contributed by atoms with Crippen molar-refractivity contribution in [3.8, 4) is 0 Å². The molecule has 14 heavy (non-hydrogen) atoms. The van der Waals surface area contributed by atoms with Crippen molar-refractivity contribution in [2.24, 2.45) is 0 Å². The highest BCUT2D eigenvalue weighted by Crippen LogP contribution is 2.25. The molecule has 0 saturated carbocycles. The van der Waals surface area contributed by atoms with Crippen molar-refractivity contribution in [2.45, 2.75) is 58.5 Å². The first-order valence-corrected chi connectivity index (χ1v) is 6.26. The summed E-state index contributed by atoms with van der Waals surface area (Å²) < 4.78 is 0. The molecule has 0 spiro atoms. The van der Waals surface area contributed by atoms with Gasteiger partial charge in [0.1, 0.15) is 0 Å². The smallest absolute Gasteiger partial charge is 0.00960 e. The van der Waals surface area contributed by atoms with Crippen LogP contribution >= 0.6 is 0 Å². The zero-order chi connectivity index (χ0) is 10.4. The van der Waals surface area contributed by atoms with E-state index in [-0.39, 0.29) is 0 Å². The zero-order valence-electron chi connectivity index (χ0n) is 10.1. The van der Waals surface area contributed by atoms with Crippen LogP contribution < -0.4 is 5.32 Å². The van der Waals surface area contributed by atoms with Crippen LogP contribution in [-0.4, -0.2) is 36.6 Å². The topological polar surface area (TPSA) is 15.3 Å². The molecule has 2 unspecified atom stereocenters. The lowest BCUT2D eigenvalue weighted by Gasteiger charge is -2.27. The predicted molar refractivity (Wildman–Crippen MR) is 62.6 cm³/mol. The Morgan fingerprint density at radius 1 is 1.29 bits per heavy atom. The van der Waals surface area contributed by atoms with Gasteiger partial charge in [-0.3, -0.25) is 4.90 Å². The number of hydrogen-bond acceptors (Lipinski definition) is 2. The highest BCUT2D eigenvalue weighted by molar-refractivity contribution is 4.84. The molecular weight excluding hydrogens is 172 g/mol. The summed E-state index contributed by atoms with van der Waals surface area (Å²) in [7, 11) is 0. The second-order valence-electron chi connectivity index (χ2n) is 4.43. The highest BCUT2D eigenvalue weighted by Gasteiger charge is 2.28. The van der Waals surface area contributed by atoms with E-state index in [1.165, 1.54) is 38.8 Å². The molecule has 1 aliphatic heterocycles. The van der Waals surface area contributed by atoms with E-state index in [1.807, 2.05) is 0 Å². The zero-order valence-corrected chi connectivity index (χ0v) is 10.1. The van der Waals surface area contributed by atoms with E-state index in [0.29, 0.717) is 0 Å². The number of hydrogen-bond donors (Lipinski definition) is 1. The van der Waals surface area contributed by atoms with Gasteiger partial charge >= 0.3 is 0 Å². The average Bonchev–Trinajstić information content (AvgIpc) is 2.55. The fourth-order valence-corrected chi connectivity index (χ4v) is 2.53.